The van der Waals surface area contributed by atoms with Crippen LogP contribution in [0.15, 0.2) is 40.9 Å². The average molecular weight is 341 g/mol. The van der Waals surface area contributed by atoms with Crippen LogP contribution in [0.5, 0.6) is 0 Å². The molecule has 0 unspecified atom stereocenters. The molecule has 0 N–H and O–H groups in total. The highest BCUT2D eigenvalue weighted by molar-refractivity contribution is 5.78. The fourth-order valence-corrected chi connectivity index (χ4v) is 3.71. The van der Waals surface area contributed by atoms with Crippen molar-refractivity contribution in [3.63, 3.8) is 0 Å². The van der Waals surface area contributed by atoms with Crippen molar-refractivity contribution in [1.82, 2.24) is 15.0 Å². The van der Waals surface area contributed by atoms with Crippen molar-refractivity contribution >= 4 is 5.91 Å². The first kappa shape index (κ1) is 17.7. The number of hydrogen-bond donors (Lipinski definition) is 0. The molecule has 1 amide bonds. The molecule has 0 bridgehead atoms. The van der Waals surface area contributed by atoms with E-state index in [2.05, 4.69) is 48.2 Å². The minimum atomic E-state index is 0.134. The largest absolute Gasteiger partial charge is 0.361 e. The highest BCUT2D eigenvalue weighted by Crippen LogP contribution is 2.26. The van der Waals surface area contributed by atoms with Gasteiger partial charge in [0.1, 0.15) is 5.76 Å². The smallest absolute Gasteiger partial charge is 0.229 e. The van der Waals surface area contributed by atoms with Crippen molar-refractivity contribution in [3.8, 4) is 0 Å². The third-order valence-corrected chi connectivity index (χ3v) is 5.14. The van der Waals surface area contributed by atoms with E-state index in [9.17, 15) is 4.79 Å². The van der Waals surface area contributed by atoms with E-state index in [1.54, 1.807) is 0 Å². The van der Waals surface area contributed by atoms with E-state index in [1.807, 2.05) is 24.0 Å². The molecule has 2 heterocycles. The lowest BCUT2D eigenvalue weighted by molar-refractivity contribution is -0.132. The van der Waals surface area contributed by atoms with Crippen molar-refractivity contribution in [2.45, 2.75) is 45.7 Å². The Morgan fingerprint density at radius 1 is 1.40 bits per heavy atom. The number of carbonyl (C=O) groups excluding carboxylic acids is 1. The molecule has 5 heteroatoms. The Bertz CT molecular complexity index is 698. The minimum Gasteiger partial charge on any atom is -0.361 e. The molecular formula is C20H27N3O2. The Morgan fingerprint density at radius 2 is 2.16 bits per heavy atom. The third kappa shape index (κ3) is 4.10. The summed E-state index contributed by atoms with van der Waals surface area (Å²) < 4.78 is 5.07. The number of nitrogens with zero attached hydrogens (tertiary/aromatic N) is 3. The fourth-order valence-electron chi connectivity index (χ4n) is 3.71. The van der Waals surface area contributed by atoms with Crippen molar-refractivity contribution in [3.05, 3.63) is 53.4 Å². The Hall–Kier alpha value is -2.14. The summed E-state index contributed by atoms with van der Waals surface area (Å²) in [6.45, 7) is 8.82. The zero-order valence-electron chi connectivity index (χ0n) is 15.3. The van der Waals surface area contributed by atoms with Gasteiger partial charge < -0.3 is 9.42 Å². The summed E-state index contributed by atoms with van der Waals surface area (Å²) in [5.41, 5.74) is 2.05. The van der Waals surface area contributed by atoms with Gasteiger partial charge in [0.25, 0.3) is 0 Å². The van der Waals surface area contributed by atoms with E-state index in [-0.39, 0.29) is 11.9 Å². The van der Waals surface area contributed by atoms with Gasteiger partial charge in [-0.15, -0.1) is 0 Å². The number of likely N-dealkylation sites (tertiary alicyclic amines) is 1. The van der Waals surface area contributed by atoms with Crippen LogP contribution in [0.4, 0.5) is 0 Å². The van der Waals surface area contributed by atoms with E-state index >= 15 is 0 Å². The van der Waals surface area contributed by atoms with E-state index < -0.39 is 0 Å². The molecule has 25 heavy (non-hydrogen) atoms. The summed E-state index contributed by atoms with van der Waals surface area (Å²) in [5.74, 6) is 0.879. The topological polar surface area (TPSA) is 49.6 Å². The monoisotopic (exact) mass is 341 g/mol. The molecule has 2 atom stereocenters. The number of benzene rings is 1. The Kier molecular flexibility index (Phi) is 5.53. The normalized spacial score (nSPS) is 19.1. The van der Waals surface area contributed by atoms with Crippen molar-refractivity contribution < 1.29 is 9.32 Å². The summed E-state index contributed by atoms with van der Waals surface area (Å²) in [5, 5.41) is 3.95. The van der Waals surface area contributed by atoms with Gasteiger partial charge in [-0.05, 0) is 32.8 Å². The summed E-state index contributed by atoms with van der Waals surface area (Å²) in [6, 6.07) is 13.1. The second-order valence-corrected chi connectivity index (χ2v) is 6.81. The standard InChI is InChI=1S/C20H27N3O2/c1-4-23(20(24)13-18-12-15(2)25-21-18)19-10-11-22(14-19)16(3)17-8-6-5-7-9-17/h5-9,12,16,19H,4,10-11,13-14H2,1-3H3/t16-,19+/m0/s1. The van der Waals surface area contributed by atoms with Gasteiger partial charge in [-0.25, -0.2) is 0 Å². The first-order valence-electron chi connectivity index (χ1n) is 9.09. The van der Waals surface area contributed by atoms with E-state index in [1.165, 1.54) is 5.56 Å². The lowest BCUT2D eigenvalue weighted by Gasteiger charge is -2.29. The maximum atomic E-state index is 12.7. The maximum Gasteiger partial charge on any atom is 0.229 e. The fraction of sp³-hybridized carbons (Fsp3) is 0.500. The number of rotatable bonds is 6. The molecule has 0 spiro atoms. The van der Waals surface area contributed by atoms with Gasteiger partial charge in [-0.3, -0.25) is 9.69 Å². The molecule has 2 aromatic rings. The van der Waals surface area contributed by atoms with Crippen LogP contribution in [0, 0.1) is 6.92 Å². The van der Waals surface area contributed by atoms with E-state index in [0.717, 1.165) is 31.8 Å². The predicted molar refractivity (Wildman–Crippen MR) is 97.2 cm³/mol. The first-order chi connectivity index (χ1) is 12.1. The average Bonchev–Trinajstić information content (AvgIpc) is 3.25. The van der Waals surface area contributed by atoms with Gasteiger partial charge in [0.15, 0.2) is 0 Å². The van der Waals surface area contributed by atoms with Crippen LogP contribution in [-0.4, -0.2) is 46.5 Å². The van der Waals surface area contributed by atoms with Gasteiger partial charge >= 0.3 is 0 Å². The van der Waals surface area contributed by atoms with Crippen LogP contribution in [0.3, 0.4) is 0 Å². The maximum absolute atomic E-state index is 12.7. The molecule has 1 aromatic heterocycles. The predicted octanol–water partition coefficient (Wildman–Crippen LogP) is 3.21. The summed E-state index contributed by atoms with van der Waals surface area (Å²) >= 11 is 0. The quantitative estimate of drug-likeness (QED) is 0.809. The van der Waals surface area contributed by atoms with Crippen molar-refractivity contribution in [2.75, 3.05) is 19.6 Å². The van der Waals surface area contributed by atoms with Crippen LogP contribution in [-0.2, 0) is 11.2 Å². The van der Waals surface area contributed by atoms with Gasteiger partial charge in [0.2, 0.25) is 5.91 Å². The SMILES string of the molecule is CCN(C(=O)Cc1cc(C)on1)[C@@H]1CCN([C@@H](C)c2ccccc2)C1. The Morgan fingerprint density at radius 3 is 2.80 bits per heavy atom. The summed E-state index contributed by atoms with van der Waals surface area (Å²) in [6.07, 6.45) is 1.34. The molecule has 134 valence electrons. The van der Waals surface area contributed by atoms with Crippen LogP contribution >= 0.6 is 0 Å². The van der Waals surface area contributed by atoms with Crippen molar-refractivity contribution in [1.29, 1.82) is 0 Å². The van der Waals surface area contributed by atoms with Crippen LogP contribution in [0.2, 0.25) is 0 Å². The third-order valence-electron chi connectivity index (χ3n) is 5.14. The molecule has 1 aliphatic heterocycles. The molecule has 0 aliphatic carbocycles. The summed E-state index contributed by atoms with van der Waals surface area (Å²) in [7, 11) is 0. The number of carbonyl (C=O) groups is 1. The summed E-state index contributed by atoms with van der Waals surface area (Å²) in [4.78, 5) is 17.2. The van der Waals surface area contributed by atoms with Crippen molar-refractivity contribution in [2.24, 2.45) is 0 Å². The molecule has 1 aromatic carbocycles. The van der Waals surface area contributed by atoms with Crippen LogP contribution in [0.1, 0.15) is 43.3 Å². The minimum absolute atomic E-state index is 0.134. The number of likely N-dealkylation sites (N-methyl/N-ethyl adjacent to an activating group) is 1. The van der Waals surface area contributed by atoms with Gasteiger partial charge in [0.05, 0.1) is 12.1 Å². The molecule has 0 saturated carbocycles. The van der Waals surface area contributed by atoms with Crippen LogP contribution in [0.25, 0.3) is 0 Å². The van der Waals surface area contributed by atoms with Gasteiger partial charge in [-0.1, -0.05) is 35.5 Å². The molecule has 0 radical (unpaired) electrons. The number of amides is 1. The molecule has 1 aliphatic rings. The zero-order valence-corrected chi connectivity index (χ0v) is 15.3. The second-order valence-electron chi connectivity index (χ2n) is 6.81. The van der Waals surface area contributed by atoms with E-state index in [0.29, 0.717) is 18.2 Å². The molecule has 1 fully saturated rings. The second kappa shape index (κ2) is 7.83. The Labute approximate surface area is 149 Å². The highest BCUT2D eigenvalue weighted by Gasteiger charge is 2.32. The number of aryl methyl sites for hydroxylation is 1. The number of hydrogen-bond acceptors (Lipinski definition) is 4. The number of aromatic nitrogens is 1. The molecule has 3 rings (SSSR count). The first-order valence-corrected chi connectivity index (χ1v) is 9.09. The highest BCUT2D eigenvalue weighted by atomic mass is 16.5. The Balaban J connectivity index is 1.61. The zero-order chi connectivity index (χ0) is 17.8. The lowest BCUT2D eigenvalue weighted by atomic mass is 10.1. The molecule has 5 nitrogen and oxygen atoms in total. The molecule has 1 saturated heterocycles. The van der Waals surface area contributed by atoms with Gasteiger partial charge in [-0.2, -0.15) is 0 Å². The van der Waals surface area contributed by atoms with Gasteiger partial charge in [0, 0.05) is 37.8 Å². The molecular weight excluding hydrogens is 314 g/mol. The van der Waals surface area contributed by atoms with Crippen LogP contribution < -0.4 is 0 Å². The lowest BCUT2D eigenvalue weighted by Crippen LogP contribution is -2.42. The van der Waals surface area contributed by atoms with E-state index in [4.69, 9.17) is 4.52 Å².